The molecule has 3 rings (SSSR count). The van der Waals surface area contributed by atoms with Crippen LogP contribution in [0.25, 0.3) is 11.2 Å². The Balaban J connectivity index is 1.87. The van der Waals surface area contributed by atoms with E-state index in [1.54, 1.807) is 17.7 Å². The Morgan fingerprint density at radius 1 is 1.32 bits per heavy atom. The molecule has 8 heteroatoms. The molecule has 0 aliphatic heterocycles. The third kappa shape index (κ3) is 2.79. The highest BCUT2D eigenvalue weighted by Gasteiger charge is 2.21. The number of imidazole rings is 1. The summed E-state index contributed by atoms with van der Waals surface area (Å²) in [5.41, 5.74) is 10.2. The lowest BCUT2D eigenvalue weighted by atomic mass is 10.0. The van der Waals surface area contributed by atoms with E-state index in [1.165, 1.54) is 4.88 Å². The number of aromatic amines is 1. The number of rotatable bonds is 5. The Labute approximate surface area is 132 Å². The molecule has 0 aliphatic rings. The minimum Gasteiger partial charge on any atom is -0.382 e. The number of nitrogen functional groups attached to an aromatic ring is 1. The van der Waals surface area contributed by atoms with Crippen LogP contribution < -0.4 is 11.1 Å². The van der Waals surface area contributed by atoms with Gasteiger partial charge >= 0.3 is 0 Å². The van der Waals surface area contributed by atoms with E-state index in [0.717, 1.165) is 12.2 Å². The first-order valence-corrected chi connectivity index (χ1v) is 8.03. The van der Waals surface area contributed by atoms with Crippen LogP contribution in [0.4, 0.5) is 5.82 Å². The second-order valence-corrected chi connectivity index (χ2v) is 6.47. The SMILES string of the molecule is Cc1ncsc1CNC(c1nc(N)c2[nH]cnc2n1)C(C)C. The van der Waals surface area contributed by atoms with Gasteiger partial charge in [-0.1, -0.05) is 13.8 Å². The molecule has 1 unspecified atom stereocenters. The lowest BCUT2D eigenvalue weighted by molar-refractivity contribution is 0.395. The van der Waals surface area contributed by atoms with Gasteiger partial charge in [-0.3, -0.25) is 0 Å². The highest BCUT2D eigenvalue weighted by Crippen LogP contribution is 2.23. The number of hydrogen-bond acceptors (Lipinski definition) is 7. The molecule has 4 N–H and O–H groups in total. The van der Waals surface area contributed by atoms with Crippen molar-refractivity contribution in [3.63, 3.8) is 0 Å². The molecular formula is C14H19N7S. The van der Waals surface area contributed by atoms with Gasteiger partial charge < -0.3 is 16.0 Å². The van der Waals surface area contributed by atoms with Crippen LogP contribution in [0.1, 0.15) is 36.3 Å². The van der Waals surface area contributed by atoms with Crippen LogP contribution in [0, 0.1) is 12.8 Å². The van der Waals surface area contributed by atoms with E-state index >= 15 is 0 Å². The fraction of sp³-hybridized carbons (Fsp3) is 0.429. The highest BCUT2D eigenvalue weighted by atomic mass is 32.1. The topological polar surface area (TPSA) is 105 Å². The zero-order valence-corrected chi connectivity index (χ0v) is 13.6. The zero-order chi connectivity index (χ0) is 15.7. The summed E-state index contributed by atoms with van der Waals surface area (Å²) in [6.45, 7) is 7.01. The number of nitrogens with two attached hydrogens (primary N) is 1. The average Bonchev–Trinajstić information content (AvgIpc) is 3.08. The molecule has 0 aliphatic carbocycles. The lowest BCUT2D eigenvalue weighted by Crippen LogP contribution is -2.27. The van der Waals surface area contributed by atoms with Gasteiger partial charge in [-0.05, 0) is 12.8 Å². The van der Waals surface area contributed by atoms with Gasteiger partial charge in [0.1, 0.15) is 5.52 Å². The van der Waals surface area contributed by atoms with Crippen LogP contribution in [-0.2, 0) is 6.54 Å². The Morgan fingerprint density at radius 2 is 2.14 bits per heavy atom. The zero-order valence-electron chi connectivity index (χ0n) is 12.8. The molecule has 0 aromatic carbocycles. The minimum atomic E-state index is 0.00454. The molecule has 3 heterocycles. The third-order valence-electron chi connectivity index (χ3n) is 3.60. The molecule has 3 aromatic rings. The Morgan fingerprint density at radius 3 is 2.82 bits per heavy atom. The van der Waals surface area contributed by atoms with Crippen molar-refractivity contribution in [2.45, 2.75) is 33.4 Å². The lowest BCUT2D eigenvalue weighted by Gasteiger charge is -2.21. The smallest absolute Gasteiger partial charge is 0.183 e. The maximum absolute atomic E-state index is 6.00. The fourth-order valence-electron chi connectivity index (χ4n) is 2.34. The van der Waals surface area contributed by atoms with Crippen LogP contribution in [0.5, 0.6) is 0 Å². The van der Waals surface area contributed by atoms with E-state index in [0.29, 0.717) is 28.7 Å². The van der Waals surface area contributed by atoms with Crippen molar-refractivity contribution in [1.82, 2.24) is 30.2 Å². The third-order valence-corrected chi connectivity index (χ3v) is 4.54. The van der Waals surface area contributed by atoms with Crippen LogP contribution in [0.15, 0.2) is 11.8 Å². The molecule has 1 atom stereocenters. The second kappa shape index (κ2) is 5.98. The van der Waals surface area contributed by atoms with E-state index in [2.05, 4.69) is 44.1 Å². The summed E-state index contributed by atoms with van der Waals surface area (Å²) >= 11 is 1.65. The fourth-order valence-corrected chi connectivity index (χ4v) is 3.06. The van der Waals surface area contributed by atoms with E-state index in [9.17, 15) is 0 Å². The summed E-state index contributed by atoms with van der Waals surface area (Å²) in [6, 6.07) is 0.00454. The van der Waals surface area contributed by atoms with Crippen molar-refractivity contribution in [2.75, 3.05) is 5.73 Å². The summed E-state index contributed by atoms with van der Waals surface area (Å²) in [6.07, 6.45) is 1.58. The van der Waals surface area contributed by atoms with Gasteiger partial charge in [0.2, 0.25) is 0 Å². The first-order chi connectivity index (χ1) is 10.6. The van der Waals surface area contributed by atoms with Gasteiger partial charge in [0.05, 0.1) is 23.6 Å². The number of nitrogens with zero attached hydrogens (tertiary/aromatic N) is 4. The van der Waals surface area contributed by atoms with Crippen LogP contribution in [0.2, 0.25) is 0 Å². The first-order valence-electron chi connectivity index (χ1n) is 7.15. The molecule has 0 saturated carbocycles. The van der Waals surface area contributed by atoms with Gasteiger partial charge in [-0.25, -0.2) is 19.9 Å². The van der Waals surface area contributed by atoms with Crippen molar-refractivity contribution >= 4 is 28.3 Å². The number of anilines is 1. The van der Waals surface area contributed by atoms with Crippen LogP contribution in [-0.4, -0.2) is 24.9 Å². The van der Waals surface area contributed by atoms with E-state index in [-0.39, 0.29) is 6.04 Å². The number of H-pyrrole nitrogens is 1. The van der Waals surface area contributed by atoms with Crippen molar-refractivity contribution in [3.8, 4) is 0 Å². The predicted octanol–water partition coefficient (Wildman–Crippen LogP) is 2.19. The van der Waals surface area contributed by atoms with Gasteiger partial charge in [0, 0.05) is 11.4 Å². The minimum absolute atomic E-state index is 0.00454. The summed E-state index contributed by atoms with van der Waals surface area (Å²) in [7, 11) is 0. The summed E-state index contributed by atoms with van der Waals surface area (Å²) in [4.78, 5) is 21.6. The summed E-state index contributed by atoms with van der Waals surface area (Å²) in [5.74, 6) is 1.43. The van der Waals surface area contributed by atoms with E-state index in [4.69, 9.17) is 5.73 Å². The predicted molar refractivity (Wildman–Crippen MR) is 87.4 cm³/mol. The number of nitrogens with one attached hydrogen (secondary N) is 2. The maximum atomic E-state index is 6.00. The van der Waals surface area contributed by atoms with Crippen molar-refractivity contribution in [3.05, 3.63) is 28.2 Å². The van der Waals surface area contributed by atoms with Gasteiger partial charge in [-0.15, -0.1) is 11.3 Å². The van der Waals surface area contributed by atoms with E-state index < -0.39 is 0 Å². The highest BCUT2D eigenvalue weighted by molar-refractivity contribution is 7.09. The molecule has 0 bridgehead atoms. The summed E-state index contributed by atoms with van der Waals surface area (Å²) < 4.78 is 0. The van der Waals surface area contributed by atoms with Crippen LogP contribution >= 0.6 is 11.3 Å². The summed E-state index contributed by atoms with van der Waals surface area (Å²) in [5, 5.41) is 3.51. The molecule has 7 nitrogen and oxygen atoms in total. The van der Waals surface area contributed by atoms with Crippen LogP contribution in [0.3, 0.4) is 0 Å². The van der Waals surface area contributed by atoms with Crippen molar-refractivity contribution in [2.24, 2.45) is 5.92 Å². The number of hydrogen-bond donors (Lipinski definition) is 3. The molecule has 0 saturated heterocycles. The van der Waals surface area contributed by atoms with Crippen molar-refractivity contribution < 1.29 is 0 Å². The first kappa shape index (κ1) is 14.9. The Kier molecular flexibility index (Phi) is 4.04. The van der Waals surface area contributed by atoms with Gasteiger partial charge in [0.25, 0.3) is 0 Å². The molecule has 0 spiro atoms. The van der Waals surface area contributed by atoms with Gasteiger partial charge in [-0.2, -0.15) is 0 Å². The normalized spacial score (nSPS) is 13.1. The molecule has 22 heavy (non-hydrogen) atoms. The number of fused-ring (bicyclic) bond motifs is 1. The quantitative estimate of drug-likeness (QED) is 0.666. The van der Waals surface area contributed by atoms with Gasteiger partial charge in [0.15, 0.2) is 17.3 Å². The van der Waals surface area contributed by atoms with E-state index in [1.807, 2.05) is 12.4 Å². The molecule has 0 amide bonds. The number of aryl methyl sites for hydroxylation is 1. The second-order valence-electron chi connectivity index (χ2n) is 5.53. The monoisotopic (exact) mass is 317 g/mol. The Bertz CT molecular complexity index is 776. The molecule has 0 fully saturated rings. The molecule has 116 valence electrons. The number of aromatic nitrogens is 5. The molecule has 0 radical (unpaired) electrons. The molecular weight excluding hydrogens is 298 g/mol. The molecule has 3 aromatic heterocycles. The standard InChI is InChI=1S/C14H19N7S/c1-7(2)10(16-4-9-8(3)19-6-22-9)14-20-12(15)11-13(21-14)18-5-17-11/h5-7,10,16H,4H2,1-3H3,(H3,15,17,18,20,21). The maximum Gasteiger partial charge on any atom is 0.183 e. The average molecular weight is 317 g/mol. The van der Waals surface area contributed by atoms with Crippen molar-refractivity contribution in [1.29, 1.82) is 0 Å². The number of thiazole rings is 1. The Hall–Kier alpha value is -2.06. The largest absolute Gasteiger partial charge is 0.382 e.